The molecule has 23 heavy (non-hydrogen) atoms. The minimum Gasteiger partial charge on any atom is -0.508 e. The molecule has 0 spiro atoms. The molecular weight excluding hydrogens is 308 g/mol. The molecule has 0 aliphatic carbocycles. The predicted octanol–water partition coefficient (Wildman–Crippen LogP) is 2.39. The molecule has 120 valence electrons. The molecule has 2 rings (SSSR count). The van der Waals surface area contributed by atoms with E-state index in [4.69, 9.17) is 9.84 Å². The maximum atomic E-state index is 13.3. The largest absolute Gasteiger partial charge is 0.508 e. The van der Waals surface area contributed by atoms with Crippen LogP contribution in [0.15, 0.2) is 42.5 Å². The Balaban J connectivity index is 1.83. The highest BCUT2D eigenvalue weighted by atomic mass is 19.1. The van der Waals surface area contributed by atoms with Crippen molar-refractivity contribution < 1.29 is 28.2 Å². The molecule has 5 nitrogen and oxygen atoms in total. The second kappa shape index (κ2) is 7.35. The molecule has 0 heterocycles. The topological polar surface area (TPSA) is 75.6 Å². The molecule has 0 unspecified atom stereocenters. The molecule has 2 aromatic rings. The number of phenols is 1. The molecule has 0 aromatic heterocycles. The molecule has 0 saturated heterocycles. The first-order chi connectivity index (χ1) is 10.9. The Bertz CT molecular complexity index is 717. The number of anilines is 1. The van der Waals surface area contributed by atoms with Gasteiger partial charge in [-0.1, -0.05) is 12.1 Å². The fourth-order valence-electron chi connectivity index (χ4n) is 1.76. The zero-order valence-corrected chi connectivity index (χ0v) is 11.9. The zero-order valence-electron chi connectivity index (χ0n) is 11.9. The average molecular weight is 321 g/mol. The van der Waals surface area contributed by atoms with Gasteiger partial charge >= 0.3 is 5.97 Å². The number of aromatic hydroxyl groups is 1. The zero-order chi connectivity index (χ0) is 16.8. The van der Waals surface area contributed by atoms with Crippen molar-refractivity contribution in [3.8, 4) is 5.75 Å². The second-order valence-corrected chi connectivity index (χ2v) is 4.68. The summed E-state index contributed by atoms with van der Waals surface area (Å²) in [5, 5.41) is 11.2. The molecule has 2 aromatic carbocycles. The van der Waals surface area contributed by atoms with Crippen molar-refractivity contribution in [2.45, 2.75) is 6.42 Å². The maximum Gasteiger partial charge on any atom is 0.310 e. The minimum atomic E-state index is -0.796. The molecule has 0 bridgehead atoms. The van der Waals surface area contributed by atoms with Crippen molar-refractivity contribution >= 4 is 17.6 Å². The van der Waals surface area contributed by atoms with Gasteiger partial charge in [0.2, 0.25) is 0 Å². The van der Waals surface area contributed by atoms with Gasteiger partial charge in [0.25, 0.3) is 5.91 Å². The van der Waals surface area contributed by atoms with Gasteiger partial charge in [-0.15, -0.1) is 0 Å². The lowest BCUT2D eigenvalue weighted by atomic mass is 10.1. The molecule has 2 N–H and O–H groups in total. The van der Waals surface area contributed by atoms with Crippen LogP contribution in [0.5, 0.6) is 5.75 Å². The number of hydrogen-bond donors (Lipinski definition) is 2. The highest BCUT2D eigenvalue weighted by Crippen LogP contribution is 2.15. The quantitative estimate of drug-likeness (QED) is 0.829. The van der Waals surface area contributed by atoms with Crippen molar-refractivity contribution in [3.05, 3.63) is 59.7 Å². The first-order valence-electron chi connectivity index (χ1n) is 6.62. The van der Waals surface area contributed by atoms with Crippen molar-refractivity contribution in [2.75, 3.05) is 11.9 Å². The summed E-state index contributed by atoms with van der Waals surface area (Å²) >= 11 is 0. The number of benzene rings is 2. The van der Waals surface area contributed by atoms with E-state index in [2.05, 4.69) is 5.32 Å². The molecule has 0 saturated carbocycles. The van der Waals surface area contributed by atoms with E-state index < -0.39 is 30.1 Å². The number of hydrogen-bond acceptors (Lipinski definition) is 4. The summed E-state index contributed by atoms with van der Waals surface area (Å²) in [6, 6.07) is 8.54. The molecule has 0 fully saturated rings. The Hall–Kier alpha value is -2.96. The average Bonchev–Trinajstić information content (AvgIpc) is 2.51. The molecule has 0 aliphatic rings. The molecular formula is C16H13F2NO4. The SMILES string of the molecule is O=C(COC(=O)Cc1ccc(O)cc1)Nc1cc(F)ccc1F. The van der Waals surface area contributed by atoms with Gasteiger partial charge < -0.3 is 15.2 Å². The Labute approximate surface area is 130 Å². The van der Waals surface area contributed by atoms with Crippen molar-refractivity contribution in [1.82, 2.24) is 0 Å². The molecule has 0 atom stereocenters. The lowest BCUT2D eigenvalue weighted by Crippen LogP contribution is -2.22. The summed E-state index contributed by atoms with van der Waals surface area (Å²) < 4.78 is 31.1. The lowest BCUT2D eigenvalue weighted by Gasteiger charge is -2.07. The first kappa shape index (κ1) is 16.4. The van der Waals surface area contributed by atoms with Gasteiger partial charge in [0.1, 0.15) is 17.4 Å². The second-order valence-electron chi connectivity index (χ2n) is 4.68. The highest BCUT2D eigenvalue weighted by molar-refractivity contribution is 5.93. The third-order valence-corrected chi connectivity index (χ3v) is 2.85. The van der Waals surface area contributed by atoms with E-state index in [0.717, 1.165) is 18.2 Å². The van der Waals surface area contributed by atoms with Crippen LogP contribution in [0, 0.1) is 11.6 Å². The van der Waals surface area contributed by atoms with E-state index in [9.17, 15) is 18.4 Å². The van der Waals surface area contributed by atoms with Gasteiger partial charge in [-0.2, -0.15) is 0 Å². The molecule has 0 radical (unpaired) electrons. The number of nitrogens with one attached hydrogen (secondary N) is 1. The van der Waals surface area contributed by atoms with Crippen molar-refractivity contribution in [3.63, 3.8) is 0 Å². The molecule has 7 heteroatoms. The Morgan fingerprint density at radius 1 is 1.09 bits per heavy atom. The smallest absolute Gasteiger partial charge is 0.310 e. The molecule has 1 amide bonds. The van der Waals surface area contributed by atoms with E-state index >= 15 is 0 Å². The van der Waals surface area contributed by atoms with Crippen LogP contribution in [0.2, 0.25) is 0 Å². The van der Waals surface area contributed by atoms with Crippen LogP contribution in [0.1, 0.15) is 5.56 Å². The van der Waals surface area contributed by atoms with Crippen LogP contribution >= 0.6 is 0 Å². The van der Waals surface area contributed by atoms with Crippen LogP contribution in [0.25, 0.3) is 0 Å². The van der Waals surface area contributed by atoms with Gasteiger partial charge in [-0.25, -0.2) is 8.78 Å². The van der Waals surface area contributed by atoms with Crippen LogP contribution in [-0.2, 0) is 20.7 Å². The Morgan fingerprint density at radius 2 is 1.78 bits per heavy atom. The summed E-state index contributed by atoms with van der Waals surface area (Å²) in [4.78, 5) is 23.1. The van der Waals surface area contributed by atoms with Gasteiger partial charge in [-0.05, 0) is 29.8 Å². The van der Waals surface area contributed by atoms with E-state index in [-0.39, 0.29) is 17.9 Å². The Kier molecular flexibility index (Phi) is 5.24. The van der Waals surface area contributed by atoms with Crippen LogP contribution < -0.4 is 5.32 Å². The third-order valence-electron chi connectivity index (χ3n) is 2.85. The van der Waals surface area contributed by atoms with Gasteiger partial charge in [0.15, 0.2) is 6.61 Å². The molecule has 0 aliphatic heterocycles. The lowest BCUT2D eigenvalue weighted by molar-refractivity contribution is -0.146. The summed E-state index contributed by atoms with van der Waals surface area (Å²) in [7, 11) is 0. The summed E-state index contributed by atoms with van der Waals surface area (Å²) in [6.45, 7) is -0.618. The number of ether oxygens (including phenoxy) is 1. The van der Waals surface area contributed by atoms with E-state index in [0.29, 0.717) is 5.56 Å². The van der Waals surface area contributed by atoms with E-state index in [1.165, 1.54) is 12.1 Å². The number of rotatable bonds is 5. The standard InChI is InChI=1S/C16H13F2NO4/c17-11-3-6-13(18)14(8-11)19-15(21)9-23-16(22)7-10-1-4-12(20)5-2-10/h1-6,8,20H,7,9H2,(H,19,21). The van der Waals surface area contributed by atoms with Gasteiger partial charge in [0.05, 0.1) is 12.1 Å². The number of amides is 1. The number of phenolic OH excluding ortho intramolecular Hbond substituents is 1. The summed E-state index contributed by atoms with van der Waals surface area (Å²) in [5.74, 6) is -2.88. The number of carbonyl (C=O) groups is 2. The predicted molar refractivity (Wildman–Crippen MR) is 77.8 cm³/mol. The van der Waals surface area contributed by atoms with Gasteiger partial charge in [-0.3, -0.25) is 9.59 Å². The fourth-order valence-corrected chi connectivity index (χ4v) is 1.76. The third kappa shape index (κ3) is 5.06. The van der Waals surface area contributed by atoms with Gasteiger partial charge in [0, 0.05) is 6.07 Å². The number of carbonyl (C=O) groups excluding carboxylic acids is 2. The highest BCUT2D eigenvalue weighted by Gasteiger charge is 2.11. The van der Waals surface area contributed by atoms with Crippen LogP contribution in [-0.4, -0.2) is 23.6 Å². The minimum absolute atomic E-state index is 0.0682. The summed E-state index contributed by atoms with van der Waals surface area (Å²) in [5.41, 5.74) is 0.272. The monoisotopic (exact) mass is 321 g/mol. The number of esters is 1. The normalized spacial score (nSPS) is 10.2. The summed E-state index contributed by atoms with van der Waals surface area (Å²) in [6.07, 6.45) is -0.0815. The van der Waals surface area contributed by atoms with Crippen LogP contribution in [0.4, 0.5) is 14.5 Å². The first-order valence-corrected chi connectivity index (χ1v) is 6.62. The van der Waals surface area contributed by atoms with Crippen molar-refractivity contribution in [1.29, 1.82) is 0 Å². The van der Waals surface area contributed by atoms with Crippen molar-refractivity contribution in [2.24, 2.45) is 0 Å². The fraction of sp³-hybridized carbons (Fsp3) is 0.125. The maximum absolute atomic E-state index is 13.3. The Morgan fingerprint density at radius 3 is 2.48 bits per heavy atom. The van der Waals surface area contributed by atoms with Crippen LogP contribution in [0.3, 0.4) is 0 Å². The number of halogens is 2. The van der Waals surface area contributed by atoms with E-state index in [1.54, 1.807) is 12.1 Å². The van der Waals surface area contributed by atoms with E-state index in [1.807, 2.05) is 0 Å².